The van der Waals surface area contributed by atoms with E-state index in [2.05, 4.69) is 26.6 Å². The minimum Gasteiger partial charge on any atom is -0.361 e. The molecule has 1 aliphatic rings. The number of nitrogens with one attached hydrogen (secondary N) is 3. The van der Waals surface area contributed by atoms with Crippen molar-refractivity contribution in [3.63, 3.8) is 0 Å². The summed E-state index contributed by atoms with van der Waals surface area (Å²) in [5.41, 5.74) is 4.71. The zero-order valence-electron chi connectivity index (χ0n) is 14.6. The molecule has 0 radical (unpaired) electrons. The molecule has 5 rings (SSSR count). The number of nitrogens with zero attached hydrogens (tertiary/aromatic N) is 1. The third-order valence-electron chi connectivity index (χ3n) is 5.34. The first kappa shape index (κ1) is 15.8. The number of aromatic nitrogens is 3. The number of aromatic amines is 2. The number of hydrogen-bond acceptors (Lipinski definition) is 3. The fourth-order valence-corrected chi connectivity index (χ4v) is 3.92. The van der Waals surface area contributed by atoms with Gasteiger partial charge in [0.15, 0.2) is 0 Å². The van der Waals surface area contributed by atoms with Crippen LogP contribution in [0.15, 0.2) is 48.8 Å². The third kappa shape index (κ3) is 2.70. The van der Waals surface area contributed by atoms with E-state index in [-0.39, 0.29) is 17.6 Å². The Balaban J connectivity index is 1.58. The molecule has 0 spiro atoms. The lowest BCUT2D eigenvalue weighted by atomic mass is 9.99. The number of fused-ring (bicyclic) bond motifs is 2. The van der Waals surface area contributed by atoms with E-state index in [1.165, 1.54) is 0 Å². The van der Waals surface area contributed by atoms with Crippen molar-refractivity contribution in [3.8, 4) is 11.1 Å². The van der Waals surface area contributed by atoms with Gasteiger partial charge in [-0.1, -0.05) is 12.1 Å². The van der Waals surface area contributed by atoms with E-state index in [0.29, 0.717) is 24.9 Å². The van der Waals surface area contributed by atoms with Crippen LogP contribution in [0.3, 0.4) is 0 Å². The predicted octanol–water partition coefficient (Wildman–Crippen LogP) is 4.02. The molecule has 1 aliphatic carbocycles. The fourth-order valence-electron chi connectivity index (χ4n) is 3.92. The van der Waals surface area contributed by atoms with E-state index >= 15 is 0 Å². The molecule has 0 saturated heterocycles. The maximum atomic E-state index is 12.6. The standard InChI is InChI=1S/C21H18N4O2/c26-14-5-4-12(8-14)21(27)24-19-9-13(10-20-17(19)11-23-25-20)15-2-1-3-18-16(15)6-7-22-18/h1-3,6-7,9-12,22H,4-5,8H2,(H,23,25)(H,24,27). The molecule has 3 N–H and O–H groups in total. The van der Waals surface area contributed by atoms with Crippen LogP contribution in [0.4, 0.5) is 5.69 Å². The Hall–Kier alpha value is -3.41. The Morgan fingerprint density at radius 1 is 1.15 bits per heavy atom. The molecular formula is C21H18N4O2. The average Bonchev–Trinajstić information content (AvgIpc) is 3.41. The number of benzene rings is 2. The Kier molecular flexibility index (Phi) is 3.57. The first-order chi connectivity index (χ1) is 13.2. The molecule has 6 nitrogen and oxygen atoms in total. The van der Waals surface area contributed by atoms with Gasteiger partial charge in [-0.15, -0.1) is 0 Å². The van der Waals surface area contributed by atoms with Gasteiger partial charge >= 0.3 is 0 Å². The number of ketones is 1. The molecule has 0 aliphatic heterocycles. The minimum atomic E-state index is -0.240. The highest BCUT2D eigenvalue weighted by molar-refractivity contribution is 6.06. The summed E-state index contributed by atoms with van der Waals surface area (Å²) in [4.78, 5) is 27.4. The summed E-state index contributed by atoms with van der Waals surface area (Å²) < 4.78 is 0. The lowest BCUT2D eigenvalue weighted by molar-refractivity contribution is -0.122. The van der Waals surface area contributed by atoms with Crippen molar-refractivity contribution in [1.82, 2.24) is 15.2 Å². The Bertz CT molecular complexity index is 1190. The molecule has 6 heteroatoms. The van der Waals surface area contributed by atoms with E-state index in [9.17, 15) is 9.59 Å². The Morgan fingerprint density at radius 2 is 2.07 bits per heavy atom. The largest absolute Gasteiger partial charge is 0.361 e. The van der Waals surface area contributed by atoms with Gasteiger partial charge in [-0.3, -0.25) is 14.7 Å². The zero-order valence-corrected chi connectivity index (χ0v) is 14.6. The quantitative estimate of drug-likeness (QED) is 0.517. The monoisotopic (exact) mass is 358 g/mol. The molecule has 2 heterocycles. The molecule has 2 aromatic carbocycles. The second kappa shape index (κ2) is 6.09. The number of anilines is 1. The molecular weight excluding hydrogens is 340 g/mol. The molecule has 1 atom stereocenters. The van der Waals surface area contributed by atoms with Gasteiger partial charge in [-0.2, -0.15) is 5.10 Å². The Labute approximate surface area is 155 Å². The molecule has 2 aromatic heterocycles. The van der Waals surface area contributed by atoms with Crippen molar-refractivity contribution >= 4 is 39.2 Å². The van der Waals surface area contributed by atoms with Crippen molar-refractivity contribution in [3.05, 3.63) is 48.8 Å². The van der Waals surface area contributed by atoms with Crippen molar-refractivity contribution in [2.24, 2.45) is 5.92 Å². The summed E-state index contributed by atoms with van der Waals surface area (Å²) in [5, 5.41) is 12.1. The van der Waals surface area contributed by atoms with Crippen LogP contribution < -0.4 is 5.32 Å². The van der Waals surface area contributed by atoms with Crippen molar-refractivity contribution in [1.29, 1.82) is 0 Å². The number of hydrogen-bond donors (Lipinski definition) is 3. The van der Waals surface area contributed by atoms with E-state index in [4.69, 9.17) is 0 Å². The first-order valence-corrected chi connectivity index (χ1v) is 9.05. The number of H-pyrrole nitrogens is 2. The van der Waals surface area contributed by atoms with E-state index in [1.807, 2.05) is 36.5 Å². The van der Waals surface area contributed by atoms with Crippen LogP contribution in [0.25, 0.3) is 32.9 Å². The zero-order chi connectivity index (χ0) is 18.4. The van der Waals surface area contributed by atoms with Crippen LogP contribution in [0.5, 0.6) is 0 Å². The third-order valence-corrected chi connectivity index (χ3v) is 5.34. The van der Waals surface area contributed by atoms with Crippen molar-refractivity contribution in [2.45, 2.75) is 19.3 Å². The van der Waals surface area contributed by atoms with Crippen molar-refractivity contribution in [2.75, 3.05) is 5.32 Å². The summed E-state index contributed by atoms with van der Waals surface area (Å²) in [5.74, 6) is -0.173. The van der Waals surface area contributed by atoms with Crippen LogP contribution in [0, 0.1) is 5.92 Å². The highest BCUT2D eigenvalue weighted by Crippen LogP contribution is 2.34. The fraction of sp³-hybridized carbons (Fsp3) is 0.190. The Morgan fingerprint density at radius 3 is 2.93 bits per heavy atom. The van der Waals surface area contributed by atoms with E-state index < -0.39 is 0 Å². The summed E-state index contributed by atoms with van der Waals surface area (Å²) in [6.07, 6.45) is 5.09. The molecule has 27 heavy (non-hydrogen) atoms. The molecule has 1 amide bonds. The van der Waals surface area contributed by atoms with Crippen LogP contribution in [-0.2, 0) is 9.59 Å². The number of rotatable bonds is 3. The number of carbonyl (C=O) groups excluding carboxylic acids is 2. The highest BCUT2D eigenvalue weighted by atomic mass is 16.2. The summed E-state index contributed by atoms with van der Waals surface area (Å²) in [6.45, 7) is 0. The smallest absolute Gasteiger partial charge is 0.227 e. The number of Topliss-reactive ketones (excluding diaryl/α,β-unsaturated/α-hetero) is 1. The van der Waals surface area contributed by atoms with Gasteiger partial charge in [0.05, 0.1) is 17.4 Å². The second-order valence-corrected chi connectivity index (χ2v) is 7.07. The summed E-state index contributed by atoms with van der Waals surface area (Å²) in [7, 11) is 0. The number of carbonyl (C=O) groups is 2. The SMILES string of the molecule is O=C1CCC(C(=O)Nc2cc(-c3cccc4[nH]ccc34)cc3[nH]ncc23)C1. The van der Waals surface area contributed by atoms with Crippen molar-refractivity contribution < 1.29 is 9.59 Å². The van der Waals surface area contributed by atoms with Crippen LogP contribution in [-0.4, -0.2) is 26.9 Å². The molecule has 4 aromatic rings. The summed E-state index contributed by atoms with van der Waals surface area (Å²) >= 11 is 0. The average molecular weight is 358 g/mol. The van der Waals surface area contributed by atoms with Gasteiger partial charge in [0.1, 0.15) is 5.78 Å². The molecule has 1 saturated carbocycles. The molecule has 1 fully saturated rings. The van der Waals surface area contributed by atoms with E-state index in [0.717, 1.165) is 32.9 Å². The van der Waals surface area contributed by atoms with Gasteiger partial charge in [-0.25, -0.2) is 0 Å². The maximum absolute atomic E-state index is 12.6. The summed E-state index contributed by atoms with van der Waals surface area (Å²) in [6, 6.07) is 12.2. The van der Waals surface area contributed by atoms with Crippen LogP contribution in [0.1, 0.15) is 19.3 Å². The van der Waals surface area contributed by atoms with Gasteiger partial charge in [0.2, 0.25) is 5.91 Å². The lowest BCUT2D eigenvalue weighted by Crippen LogP contribution is -2.20. The van der Waals surface area contributed by atoms with Gasteiger partial charge in [0, 0.05) is 41.2 Å². The topological polar surface area (TPSA) is 90.6 Å². The molecule has 0 bridgehead atoms. The predicted molar refractivity (Wildman–Crippen MR) is 104 cm³/mol. The normalized spacial score (nSPS) is 17.0. The van der Waals surface area contributed by atoms with Crippen LogP contribution in [0.2, 0.25) is 0 Å². The molecule has 134 valence electrons. The highest BCUT2D eigenvalue weighted by Gasteiger charge is 2.28. The maximum Gasteiger partial charge on any atom is 0.227 e. The van der Waals surface area contributed by atoms with Gasteiger partial charge in [-0.05, 0) is 41.8 Å². The molecule has 1 unspecified atom stereocenters. The van der Waals surface area contributed by atoms with Gasteiger partial charge < -0.3 is 10.3 Å². The minimum absolute atomic E-state index is 0.0969. The van der Waals surface area contributed by atoms with E-state index in [1.54, 1.807) is 6.20 Å². The lowest BCUT2D eigenvalue weighted by Gasteiger charge is -2.13. The van der Waals surface area contributed by atoms with Crippen LogP contribution >= 0.6 is 0 Å². The first-order valence-electron chi connectivity index (χ1n) is 9.05. The van der Waals surface area contributed by atoms with Gasteiger partial charge in [0.25, 0.3) is 0 Å². The number of amides is 1. The second-order valence-electron chi connectivity index (χ2n) is 7.07.